The average Bonchev–Trinajstić information content (AvgIpc) is 2.53. The summed E-state index contributed by atoms with van der Waals surface area (Å²) in [6.45, 7) is 6.94. The molecular formula is C20H20OSi. The van der Waals surface area contributed by atoms with Crippen LogP contribution in [-0.4, -0.2) is 13.9 Å². The van der Waals surface area contributed by atoms with Crippen molar-refractivity contribution in [1.82, 2.24) is 0 Å². The van der Waals surface area contributed by atoms with Gasteiger partial charge in [0.05, 0.1) is 8.07 Å². The van der Waals surface area contributed by atoms with Crippen molar-refractivity contribution in [3.05, 3.63) is 77.9 Å². The van der Waals surface area contributed by atoms with Gasteiger partial charge in [0, 0.05) is 11.1 Å². The molecule has 22 heavy (non-hydrogen) atoms. The number of fused-ring (bicyclic) bond motifs is 1. The number of hydrogen-bond acceptors (Lipinski definition) is 1. The van der Waals surface area contributed by atoms with Crippen molar-refractivity contribution in [3.63, 3.8) is 0 Å². The fraction of sp³-hybridized carbons (Fsp3) is 0.150. The zero-order chi connectivity index (χ0) is 15.7. The molecule has 0 saturated carbocycles. The van der Waals surface area contributed by atoms with E-state index in [0.29, 0.717) is 0 Å². The minimum Gasteiger partial charge on any atom is -0.289 e. The second-order valence-corrected chi connectivity index (χ2v) is 11.8. The number of ketones is 1. The highest BCUT2D eigenvalue weighted by Gasteiger charge is 2.20. The molecule has 0 aliphatic rings. The lowest BCUT2D eigenvalue weighted by molar-refractivity contribution is 0.104. The lowest BCUT2D eigenvalue weighted by Crippen LogP contribution is -2.38. The standard InChI is InChI=1S/C20H20OSi/c1-22(2,3)17-13-16-11-7-8-12-18(16)19(14-17)20(21)15-9-5-4-6-10-15/h4-14H,1-3H3. The Morgan fingerprint density at radius 3 is 2.14 bits per heavy atom. The molecule has 1 nitrogen and oxygen atoms in total. The Morgan fingerprint density at radius 1 is 0.818 bits per heavy atom. The molecule has 3 aromatic carbocycles. The third kappa shape index (κ3) is 2.74. The fourth-order valence-electron chi connectivity index (χ4n) is 2.68. The average molecular weight is 304 g/mol. The van der Waals surface area contributed by atoms with E-state index >= 15 is 0 Å². The summed E-state index contributed by atoms with van der Waals surface area (Å²) in [6, 6.07) is 22.1. The summed E-state index contributed by atoms with van der Waals surface area (Å²) in [4.78, 5) is 13.0. The predicted octanol–water partition coefficient (Wildman–Crippen LogP) is 4.62. The molecule has 0 N–H and O–H groups in total. The van der Waals surface area contributed by atoms with Crippen molar-refractivity contribution < 1.29 is 4.79 Å². The minimum absolute atomic E-state index is 0.108. The monoisotopic (exact) mass is 304 g/mol. The van der Waals surface area contributed by atoms with E-state index in [-0.39, 0.29) is 5.78 Å². The molecule has 0 amide bonds. The van der Waals surface area contributed by atoms with Crippen molar-refractivity contribution >= 4 is 29.8 Å². The summed E-state index contributed by atoms with van der Waals surface area (Å²) < 4.78 is 0. The highest BCUT2D eigenvalue weighted by atomic mass is 28.3. The maximum Gasteiger partial charge on any atom is 0.193 e. The van der Waals surface area contributed by atoms with E-state index in [0.717, 1.165) is 21.9 Å². The van der Waals surface area contributed by atoms with Gasteiger partial charge in [-0.15, -0.1) is 0 Å². The van der Waals surface area contributed by atoms with Gasteiger partial charge in [-0.25, -0.2) is 0 Å². The van der Waals surface area contributed by atoms with Crippen LogP contribution in [0, 0.1) is 0 Å². The van der Waals surface area contributed by atoms with Crippen molar-refractivity contribution in [3.8, 4) is 0 Å². The molecule has 0 heterocycles. The Kier molecular flexibility index (Phi) is 3.71. The van der Waals surface area contributed by atoms with Gasteiger partial charge >= 0.3 is 0 Å². The molecule has 0 aliphatic carbocycles. The summed E-state index contributed by atoms with van der Waals surface area (Å²) in [5.41, 5.74) is 1.57. The molecule has 3 aromatic rings. The van der Waals surface area contributed by atoms with Crippen LogP contribution < -0.4 is 5.19 Å². The van der Waals surface area contributed by atoms with Crippen LogP contribution in [0.25, 0.3) is 10.8 Å². The minimum atomic E-state index is -1.48. The molecule has 0 bridgehead atoms. The van der Waals surface area contributed by atoms with Crippen molar-refractivity contribution in [1.29, 1.82) is 0 Å². The van der Waals surface area contributed by atoms with Crippen LogP contribution in [0.5, 0.6) is 0 Å². The van der Waals surface area contributed by atoms with Crippen LogP contribution in [0.2, 0.25) is 19.6 Å². The van der Waals surface area contributed by atoms with E-state index in [9.17, 15) is 4.79 Å². The van der Waals surface area contributed by atoms with Crippen LogP contribution in [-0.2, 0) is 0 Å². The van der Waals surface area contributed by atoms with Gasteiger partial charge < -0.3 is 0 Å². The molecule has 0 aromatic heterocycles. The third-order valence-corrected chi connectivity index (χ3v) is 6.03. The molecule has 0 unspecified atom stereocenters. The summed E-state index contributed by atoms with van der Waals surface area (Å²) in [6.07, 6.45) is 0. The number of carbonyl (C=O) groups excluding carboxylic acids is 1. The molecule has 0 fully saturated rings. The zero-order valence-electron chi connectivity index (χ0n) is 13.3. The fourth-order valence-corrected chi connectivity index (χ4v) is 3.84. The first-order valence-electron chi connectivity index (χ1n) is 7.60. The van der Waals surface area contributed by atoms with Crippen LogP contribution in [0.4, 0.5) is 0 Å². The largest absolute Gasteiger partial charge is 0.289 e. The highest BCUT2D eigenvalue weighted by molar-refractivity contribution is 6.88. The first-order valence-corrected chi connectivity index (χ1v) is 11.1. The number of rotatable bonds is 3. The molecule has 0 atom stereocenters. The molecule has 3 rings (SSSR count). The molecule has 0 radical (unpaired) electrons. The maximum atomic E-state index is 13.0. The molecule has 110 valence electrons. The Labute approximate surface area is 132 Å². The lowest BCUT2D eigenvalue weighted by atomic mass is 9.97. The van der Waals surface area contributed by atoms with Crippen LogP contribution in [0.3, 0.4) is 0 Å². The third-order valence-electron chi connectivity index (χ3n) is 4.01. The Bertz CT molecular complexity index is 829. The van der Waals surface area contributed by atoms with Crippen molar-refractivity contribution in [2.45, 2.75) is 19.6 Å². The highest BCUT2D eigenvalue weighted by Crippen LogP contribution is 2.22. The van der Waals surface area contributed by atoms with Crippen molar-refractivity contribution in [2.24, 2.45) is 0 Å². The van der Waals surface area contributed by atoms with Gasteiger partial charge in [0.25, 0.3) is 0 Å². The maximum absolute atomic E-state index is 13.0. The number of benzene rings is 3. The van der Waals surface area contributed by atoms with Crippen LogP contribution in [0.1, 0.15) is 15.9 Å². The van der Waals surface area contributed by atoms with Gasteiger partial charge in [0.15, 0.2) is 5.78 Å². The predicted molar refractivity (Wildman–Crippen MR) is 96.8 cm³/mol. The first-order chi connectivity index (χ1) is 10.5. The van der Waals surface area contributed by atoms with Gasteiger partial charge in [-0.3, -0.25) is 4.79 Å². The molecule has 0 aliphatic heterocycles. The second-order valence-electron chi connectivity index (χ2n) is 6.69. The lowest BCUT2D eigenvalue weighted by Gasteiger charge is -2.19. The van der Waals surface area contributed by atoms with E-state index in [4.69, 9.17) is 0 Å². The molecule has 0 spiro atoms. The quantitative estimate of drug-likeness (QED) is 0.510. The van der Waals surface area contributed by atoms with Gasteiger partial charge in [0.1, 0.15) is 0 Å². The summed E-state index contributed by atoms with van der Waals surface area (Å²) in [5.74, 6) is 0.108. The van der Waals surface area contributed by atoms with E-state index < -0.39 is 8.07 Å². The summed E-state index contributed by atoms with van der Waals surface area (Å²) in [7, 11) is -1.48. The summed E-state index contributed by atoms with van der Waals surface area (Å²) in [5, 5.41) is 3.52. The summed E-state index contributed by atoms with van der Waals surface area (Å²) >= 11 is 0. The molecular weight excluding hydrogens is 284 g/mol. The van der Waals surface area contributed by atoms with E-state index in [1.165, 1.54) is 5.19 Å². The molecule has 0 saturated heterocycles. The smallest absolute Gasteiger partial charge is 0.193 e. The van der Waals surface area contributed by atoms with E-state index in [1.54, 1.807) is 0 Å². The SMILES string of the molecule is C[Si](C)(C)c1cc(C(=O)c2ccccc2)c2ccccc2c1. The van der Waals surface area contributed by atoms with Crippen LogP contribution >= 0.6 is 0 Å². The van der Waals surface area contributed by atoms with Crippen LogP contribution in [0.15, 0.2) is 66.7 Å². The van der Waals surface area contributed by atoms with E-state index in [1.807, 2.05) is 48.5 Å². The van der Waals surface area contributed by atoms with Gasteiger partial charge in [0.2, 0.25) is 0 Å². The van der Waals surface area contributed by atoms with Gasteiger partial charge in [-0.1, -0.05) is 91.6 Å². The topological polar surface area (TPSA) is 17.1 Å². The normalized spacial score (nSPS) is 11.6. The Morgan fingerprint density at radius 2 is 1.45 bits per heavy atom. The van der Waals surface area contributed by atoms with E-state index in [2.05, 4.69) is 37.8 Å². The zero-order valence-corrected chi connectivity index (χ0v) is 14.3. The van der Waals surface area contributed by atoms with Crippen molar-refractivity contribution in [2.75, 3.05) is 0 Å². The van der Waals surface area contributed by atoms with Gasteiger partial charge in [-0.2, -0.15) is 0 Å². The number of hydrogen-bond donors (Lipinski definition) is 0. The molecule has 2 heteroatoms. The first kappa shape index (κ1) is 14.7. The Balaban J connectivity index is 2.25. The van der Waals surface area contributed by atoms with Gasteiger partial charge in [-0.05, 0) is 10.8 Å². The second kappa shape index (κ2) is 5.54. The Hall–Kier alpha value is -2.19. The number of carbonyl (C=O) groups is 1.